The summed E-state index contributed by atoms with van der Waals surface area (Å²) >= 11 is 7.97. The van der Waals surface area contributed by atoms with Gasteiger partial charge >= 0.3 is 0 Å². The van der Waals surface area contributed by atoms with E-state index in [-0.39, 0.29) is 12.2 Å². The van der Waals surface area contributed by atoms with Gasteiger partial charge in [-0.25, -0.2) is 4.98 Å². The molecule has 122 valence electrons. The van der Waals surface area contributed by atoms with Crippen LogP contribution in [0.15, 0.2) is 57.6 Å². The molecule has 1 aliphatic rings. The fourth-order valence-corrected chi connectivity index (χ4v) is 4.03. The summed E-state index contributed by atoms with van der Waals surface area (Å²) in [5.74, 6) is 1.47. The van der Waals surface area contributed by atoms with Crippen molar-refractivity contribution in [3.63, 3.8) is 0 Å². The second-order valence-corrected chi connectivity index (χ2v) is 6.70. The molecule has 0 radical (unpaired) electrons. The number of aromatic nitrogens is 1. The number of nitrogens with one attached hydrogen (secondary N) is 2. The van der Waals surface area contributed by atoms with E-state index in [4.69, 9.17) is 21.0 Å². The lowest BCUT2D eigenvalue weighted by Crippen LogP contribution is -2.38. The third-order valence-corrected chi connectivity index (χ3v) is 5.35. The number of thiophene rings is 1. The predicted octanol–water partition coefficient (Wildman–Crippen LogP) is 3.94. The van der Waals surface area contributed by atoms with E-state index in [1.165, 1.54) is 0 Å². The Morgan fingerprint density at radius 1 is 1.29 bits per heavy atom. The number of aliphatic imine (C=N–C) groups is 1. The molecule has 0 fully saturated rings. The van der Waals surface area contributed by atoms with E-state index in [0.29, 0.717) is 10.8 Å². The van der Waals surface area contributed by atoms with Crippen LogP contribution in [0.1, 0.15) is 22.2 Å². The predicted molar refractivity (Wildman–Crippen MR) is 97.1 cm³/mol. The smallest absolute Gasteiger partial charge is 0.152 e. The van der Waals surface area contributed by atoms with Crippen molar-refractivity contribution in [1.29, 1.82) is 0 Å². The normalized spacial score (nSPS) is 20.0. The molecular formula is C17H15ClN4OS. The summed E-state index contributed by atoms with van der Waals surface area (Å²) in [5.41, 5.74) is 1.67. The molecule has 0 amide bonds. The van der Waals surface area contributed by atoms with Crippen molar-refractivity contribution in [2.75, 3.05) is 12.4 Å². The molecule has 2 N–H and O–H groups in total. The van der Waals surface area contributed by atoms with Crippen LogP contribution in [0.5, 0.6) is 0 Å². The van der Waals surface area contributed by atoms with Crippen LogP contribution >= 0.6 is 22.9 Å². The summed E-state index contributed by atoms with van der Waals surface area (Å²) in [6, 6.07) is 9.34. The molecule has 2 atom stereocenters. The molecule has 24 heavy (non-hydrogen) atoms. The second-order valence-electron chi connectivity index (χ2n) is 5.34. The summed E-state index contributed by atoms with van der Waals surface area (Å²) in [4.78, 5) is 10.5. The number of fused-ring (bicyclic) bond motifs is 1. The van der Waals surface area contributed by atoms with E-state index >= 15 is 0 Å². The molecule has 0 aliphatic carbocycles. The maximum Gasteiger partial charge on any atom is 0.152 e. The molecule has 0 spiro atoms. The van der Waals surface area contributed by atoms with E-state index < -0.39 is 0 Å². The van der Waals surface area contributed by atoms with E-state index in [0.717, 1.165) is 22.0 Å². The number of likely N-dealkylation sites (N-methyl/N-ethyl adjacent to an activating group) is 1. The quantitative estimate of drug-likeness (QED) is 0.744. The van der Waals surface area contributed by atoms with Crippen molar-refractivity contribution in [3.8, 4) is 0 Å². The Morgan fingerprint density at radius 2 is 2.21 bits per heavy atom. The van der Waals surface area contributed by atoms with Gasteiger partial charge in [-0.15, -0.1) is 11.3 Å². The van der Waals surface area contributed by atoms with Crippen molar-refractivity contribution in [2.24, 2.45) is 4.99 Å². The largest absolute Gasteiger partial charge is 0.463 e. The molecule has 0 aromatic carbocycles. The van der Waals surface area contributed by atoms with E-state index in [2.05, 4.69) is 15.6 Å². The zero-order valence-electron chi connectivity index (χ0n) is 12.9. The maximum atomic E-state index is 6.38. The van der Waals surface area contributed by atoms with Crippen LogP contribution in [-0.2, 0) is 0 Å². The molecule has 0 saturated heterocycles. The van der Waals surface area contributed by atoms with Gasteiger partial charge < -0.3 is 9.73 Å². The van der Waals surface area contributed by atoms with Crippen molar-refractivity contribution in [2.45, 2.75) is 12.2 Å². The molecule has 2 unspecified atom stereocenters. The number of pyridine rings is 1. The lowest BCUT2D eigenvalue weighted by atomic mass is 10.1. The van der Waals surface area contributed by atoms with Crippen LogP contribution in [-0.4, -0.2) is 23.9 Å². The Hall–Kier alpha value is -2.15. The van der Waals surface area contributed by atoms with Gasteiger partial charge in [-0.05, 0) is 42.8 Å². The highest BCUT2D eigenvalue weighted by Gasteiger charge is 2.31. The zero-order chi connectivity index (χ0) is 16.5. The average molecular weight is 359 g/mol. The Morgan fingerprint density at radius 3 is 2.92 bits per heavy atom. The number of halogens is 1. The summed E-state index contributed by atoms with van der Waals surface area (Å²) in [6.07, 6.45) is 3.27. The number of hydrogen-bond donors (Lipinski definition) is 2. The fourth-order valence-electron chi connectivity index (χ4n) is 2.79. The monoisotopic (exact) mass is 358 g/mol. The Kier molecular flexibility index (Phi) is 4.10. The van der Waals surface area contributed by atoms with Crippen LogP contribution in [0, 0.1) is 0 Å². The van der Waals surface area contributed by atoms with Gasteiger partial charge in [0.15, 0.2) is 5.76 Å². The number of anilines is 1. The van der Waals surface area contributed by atoms with Crippen LogP contribution in [0.25, 0.3) is 0 Å². The molecule has 1 aliphatic heterocycles. The highest BCUT2D eigenvalue weighted by atomic mass is 35.5. The molecule has 0 saturated carbocycles. The topological polar surface area (TPSA) is 62.5 Å². The first-order chi connectivity index (χ1) is 11.8. The lowest BCUT2D eigenvalue weighted by molar-refractivity contribution is 0.524. The number of hydrogen-bond acceptors (Lipinski definition) is 6. The van der Waals surface area contributed by atoms with E-state index in [1.807, 2.05) is 42.8 Å². The molecule has 3 aromatic heterocycles. The summed E-state index contributed by atoms with van der Waals surface area (Å²) in [7, 11) is 1.89. The van der Waals surface area contributed by atoms with Gasteiger partial charge in [-0.1, -0.05) is 11.6 Å². The molecule has 5 nitrogen and oxygen atoms in total. The molecule has 7 heteroatoms. The standard InChI is InChI=1S/C17H15ClN4OS/c1-19-17-14(15-11(18)6-9-24-15)21-13(12-5-3-8-23-12)10-4-2-7-20-16(10)22-17/h2-9,14,17,19H,1H3,(H,20,22). The first kappa shape index (κ1) is 15.4. The second kappa shape index (κ2) is 6.39. The van der Waals surface area contributed by atoms with Gasteiger partial charge in [-0.3, -0.25) is 10.3 Å². The number of nitrogens with zero attached hydrogens (tertiary/aromatic N) is 2. The zero-order valence-corrected chi connectivity index (χ0v) is 14.4. The summed E-state index contributed by atoms with van der Waals surface area (Å²) in [5, 5.41) is 9.40. The average Bonchev–Trinajstić information content (AvgIpc) is 3.24. The lowest BCUT2D eigenvalue weighted by Gasteiger charge is -2.23. The van der Waals surface area contributed by atoms with Crippen LogP contribution in [0.3, 0.4) is 0 Å². The van der Waals surface area contributed by atoms with E-state index in [1.54, 1.807) is 23.8 Å². The van der Waals surface area contributed by atoms with Crippen LogP contribution in [0.2, 0.25) is 5.02 Å². The van der Waals surface area contributed by atoms with Crippen molar-refractivity contribution in [3.05, 3.63) is 69.4 Å². The summed E-state index contributed by atoms with van der Waals surface area (Å²) < 4.78 is 5.61. The number of furan rings is 1. The van der Waals surface area contributed by atoms with Gasteiger partial charge in [0.1, 0.15) is 23.7 Å². The minimum Gasteiger partial charge on any atom is -0.463 e. The third kappa shape index (κ3) is 2.62. The minimum atomic E-state index is -0.197. The Balaban J connectivity index is 1.92. The SMILES string of the molecule is CNC1Nc2ncccc2C(c2ccco2)=NC1c1sccc1Cl. The Labute approximate surface area is 148 Å². The van der Waals surface area contributed by atoms with Crippen molar-refractivity contribution < 1.29 is 4.42 Å². The van der Waals surface area contributed by atoms with Gasteiger partial charge in [0.05, 0.1) is 16.2 Å². The molecule has 3 aromatic rings. The van der Waals surface area contributed by atoms with Gasteiger partial charge in [-0.2, -0.15) is 0 Å². The van der Waals surface area contributed by atoms with Gasteiger partial charge in [0, 0.05) is 11.8 Å². The summed E-state index contributed by atoms with van der Waals surface area (Å²) in [6.45, 7) is 0. The number of rotatable bonds is 3. The molecular weight excluding hydrogens is 344 g/mol. The maximum absolute atomic E-state index is 6.38. The third-order valence-electron chi connectivity index (χ3n) is 3.92. The van der Waals surface area contributed by atoms with Gasteiger partial charge in [0.25, 0.3) is 0 Å². The highest BCUT2D eigenvalue weighted by molar-refractivity contribution is 7.10. The fraction of sp³-hybridized carbons (Fsp3) is 0.176. The van der Waals surface area contributed by atoms with Crippen LogP contribution in [0.4, 0.5) is 5.82 Å². The molecule has 4 rings (SSSR count). The first-order valence-electron chi connectivity index (χ1n) is 7.51. The van der Waals surface area contributed by atoms with E-state index in [9.17, 15) is 0 Å². The first-order valence-corrected chi connectivity index (χ1v) is 8.77. The highest BCUT2D eigenvalue weighted by Crippen LogP contribution is 2.36. The van der Waals surface area contributed by atoms with Crippen LogP contribution < -0.4 is 10.6 Å². The van der Waals surface area contributed by atoms with Gasteiger partial charge in [0.2, 0.25) is 0 Å². The van der Waals surface area contributed by atoms with Crippen molar-refractivity contribution in [1.82, 2.24) is 10.3 Å². The minimum absolute atomic E-state index is 0.137. The Bertz CT molecular complexity index is 874. The molecule has 4 heterocycles. The van der Waals surface area contributed by atoms with Crippen molar-refractivity contribution >= 4 is 34.5 Å². The molecule has 0 bridgehead atoms.